The monoisotopic (exact) mass is 448 g/mol. The molecule has 0 saturated heterocycles. The molecule has 172 valence electrons. The van der Waals surface area contributed by atoms with Crippen molar-refractivity contribution in [2.45, 2.75) is 56.5 Å². The van der Waals surface area contributed by atoms with Crippen molar-refractivity contribution in [2.24, 2.45) is 5.41 Å². The van der Waals surface area contributed by atoms with Gasteiger partial charge >= 0.3 is 12.1 Å². The molecule has 1 atom stereocenters. The normalized spacial score (nSPS) is 19.9. The summed E-state index contributed by atoms with van der Waals surface area (Å²) in [6.07, 6.45) is 3.56. The van der Waals surface area contributed by atoms with Gasteiger partial charge in [0.25, 0.3) is 0 Å². The van der Waals surface area contributed by atoms with Crippen LogP contribution in [0.15, 0.2) is 48.5 Å². The molecule has 0 radical (unpaired) electrons. The number of carboxylic acids is 1. The van der Waals surface area contributed by atoms with Gasteiger partial charge < -0.3 is 20.5 Å². The van der Waals surface area contributed by atoms with Crippen LogP contribution in [0, 0.1) is 5.41 Å². The first-order valence-electron chi connectivity index (χ1n) is 11.5. The minimum atomic E-state index is -1.12. The molecule has 2 fully saturated rings. The van der Waals surface area contributed by atoms with Crippen LogP contribution < -0.4 is 10.6 Å². The fourth-order valence-electron chi connectivity index (χ4n) is 5.79. The Balaban J connectivity index is 1.28. The molecule has 3 aliphatic carbocycles. The van der Waals surface area contributed by atoms with E-state index in [4.69, 9.17) is 9.84 Å². The van der Waals surface area contributed by atoms with Crippen molar-refractivity contribution in [2.75, 3.05) is 6.61 Å². The summed E-state index contributed by atoms with van der Waals surface area (Å²) in [5.74, 6) is -1.64. The summed E-state index contributed by atoms with van der Waals surface area (Å²) in [6, 6.07) is 15.2. The average molecular weight is 449 g/mol. The molecule has 2 aromatic carbocycles. The van der Waals surface area contributed by atoms with Gasteiger partial charge in [-0.15, -0.1) is 0 Å². The van der Waals surface area contributed by atoms with E-state index in [1.54, 1.807) is 0 Å². The molecular weight excluding hydrogens is 420 g/mol. The molecule has 2 saturated carbocycles. The van der Waals surface area contributed by atoms with Gasteiger partial charge in [0, 0.05) is 5.92 Å². The molecule has 3 N–H and O–H groups in total. The summed E-state index contributed by atoms with van der Waals surface area (Å²) < 4.78 is 5.65. The smallest absolute Gasteiger partial charge is 0.408 e. The van der Waals surface area contributed by atoms with Crippen LogP contribution >= 0.6 is 0 Å². The van der Waals surface area contributed by atoms with E-state index in [-0.39, 0.29) is 17.9 Å². The van der Waals surface area contributed by atoms with Crippen LogP contribution in [0.3, 0.4) is 0 Å². The first-order valence-corrected chi connectivity index (χ1v) is 11.5. The maximum absolute atomic E-state index is 13.0. The quantitative estimate of drug-likeness (QED) is 0.623. The van der Waals surface area contributed by atoms with Crippen molar-refractivity contribution in [3.8, 4) is 11.1 Å². The lowest BCUT2D eigenvalue weighted by molar-refractivity contribution is -0.149. The molecule has 0 bridgehead atoms. The zero-order chi connectivity index (χ0) is 23.2. The van der Waals surface area contributed by atoms with Gasteiger partial charge in [0.1, 0.15) is 18.2 Å². The number of carbonyl (C=O) groups excluding carboxylic acids is 2. The standard InChI is InChI=1S/C26H28N2O5/c1-16(22(29)30)27-23(31)26(14-25(15-26)11-6-12-25)28-24(32)33-13-21-19-9-4-2-7-17(19)18-8-3-5-10-20(18)21/h2-5,7-10,16,21H,6,11-15H2,1H3,(H,27,31)(H,28,32)(H,29,30). The second kappa shape index (κ2) is 7.90. The van der Waals surface area contributed by atoms with Gasteiger partial charge in [-0.05, 0) is 60.3 Å². The zero-order valence-electron chi connectivity index (χ0n) is 18.6. The molecule has 7 nitrogen and oxygen atoms in total. The first-order chi connectivity index (χ1) is 15.8. The van der Waals surface area contributed by atoms with E-state index in [0.29, 0.717) is 12.8 Å². The number of nitrogens with one attached hydrogen (secondary N) is 2. The van der Waals surface area contributed by atoms with Crippen LogP contribution in [0.1, 0.15) is 56.1 Å². The summed E-state index contributed by atoms with van der Waals surface area (Å²) >= 11 is 0. The highest BCUT2D eigenvalue weighted by atomic mass is 16.5. The molecule has 0 aliphatic heterocycles. The Morgan fingerprint density at radius 1 is 1.03 bits per heavy atom. The van der Waals surface area contributed by atoms with Crippen LogP contribution in [0.4, 0.5) is 4.79 Å². The van der Waals surface area contributed by atoms with Crippen molar-refractivity contribution in [3.63, 3.8) is 0 Å². The number of aliphatic carboxylic acids is 1. The summed E-state index contributed by atoms with van der Waals surface area (Å²) in [5.41, 5.74) is 3.49. The van der Waals surface area contributed by atoms with Gasteiger partial charge in [-0.25, -0.2) is 4.79 Å². The topological polar surface area (TPSA) is 105 Å². The third-order valence-corrected chi connectivity index (χ3v) is 7.61. The average Bonchev–Trinajstić information content (AvgIpc) is 3.07. The zero-order valence-corrected chi connectivity index (χ0v) is 18.6. The minimum absolute atomic E-state index is 0.0701. The highest BCUT2D eigenvalue weighted by molar-refractivity contribution is 5.94. The second-order valence-electron chi connectivity index (χ2n) is 9.77. The Bertz CT molecular complexity index is 1070. The molecule has 1 unspecified atom stereocenters. The number of benzene rings is 2. The predicted octanol–water partition coefficient (Wildman–Crippen LogP) is 3.82. The van der Waals surface area contributed by atoms with E-state index in [1.165, 1.54) is 6.92 Å². The van der Waals surface area contributed by atoms with Gasteiger partial charge in [-0.1, -0.05) is 55.0 Å². The van der Waals surface area contributed by atoms with Crippen molar-refractivity contribution in [1.29, 1.82) is 0 Å². The molecule has 3 aliphatic rings. The predicted molar refractivity (Wildman–Crippen MR) is 122 cm³/mol. The Hall–Kier alpha value is -3.35. The number of hydrogen-bond acceptors (Lipinski definition) is 4. The van der Waals surface area contributed by atoms with E-state index in [1.807, 2.05) is 24.3 Å². The SMILES string of the molecule is CC(NC(=O)C1(NC(=O)OCC2c3ccccc3-c3ccccc32)CC2(CCC2)C1)C(=O)O. The van der Waals surface area contributed by atoms with E-state index in [0.717, 1.165) is 41.5 Å². The third kappa shape index (κ3) is 3.65. The number of fused-ring (bicyclic) bond motifs is 3. The summed E-state index contributed by atoms with van der Waals surface area (Å²) in [4.78, 5) is 37.0. The molecular formula is C26H28N2O5. The number of carboxylic acid groups (broad SMARTS) is 1. The lowest BCUT2D eigenvalue weighted by Gasteiger charge is -2.59. The maximum Gasteiger partial charge on any atom is 0.408 e. The van der Waals surface area contributed by atoms with Crippen LogP contribution in [0.25, 0.3) is 11.1 Å². The van der Waals surface area contributed by atoms with Gasteiger partial charge in [-0.3, -0.25) is 9.59 Å². The van der Waals surface area contributed by atoms with Gasteiger partial charge in [-0.2, -0.15) is 0 Å². The highest BCUT2D eigenvalue weighted by Gasteiger charge is 2.62. The number of hydrogen-bond donors (Lipinski definition) is 3. The number of ether oxygens (including phenoxy) is 1. The Morgan fingerprint density at radius 3 is 2.12 bits per heavy atom. The third-order valence-electron chi connectivity index (χ3n) is 7.61. The van der Waals surface area contributed by atoms with Gasteiger partial charge in [0.2, 0.25) is 5.91 Å². The van der Waals surface area contributed by atoms with E-state index >= 15 is 0 Å². The van der Waals surface area contributed by atoms with E-state index in [2.05, 4.69) is 34.9 Å². The summed E-state index contributed by atoms with van der Waals surface area (Å²) in [7, 11) is 0. The van der Waals surface area contributed by atoms with Crippen molar-refractivity contribution in [3.05, 3.63) is 59.7 Å². The Labute approximate surface area is 192 Å². The molecule has 7 heteroatoms. The van der Waals surface area contributed by atoms with Crippen molar-refractivity contribution in [1.82, 2.24) is 10.6 Å². The number of alkyl carbamates (subject to hydrolysis) is 1. The molecule has 33 heavy (non-hydrogen) atoms. The number of rotatable bonds is 6. The molecule has 0 heterocycles. The molecule has 0 aromatic heterocycles. The molecule has 2 amide bonds. The second-order valence-corrected chi connectivity index (χ2v) is 9.77. The lowest BCUT2D eigenvalue weighted by Crippen LogP contribution is -2.71. The molecule has 1 spiro atoms. The van der Waals surface area contributed by atoms with Gasteiger partial charge in [0.15, 0.2) is 0 Å². The number of carbonyl (C=O) groups is 3. The van der Waals surface area contributed by atoms with Crippen molar-refractivity contribution < 1.29 is 24.2 Å². The Morgan fingerprint density at radius 2 is 1.61 bits per heavy atom. The van der Waals surface area contributed by atoms with Crippen LogP contribution in [-0.4, -0.2) is 41.3 Å². The minimum Gasteiger partial charge on any atom is -0.480 e. The van der Waals surface area contributed by atoms with E-state index < -0.39 is 29.6 Å². The van der Waals surface area contributed by atoms with Gasteiger partial charge in [0.05, 0.1) is 0 Å². The van der Waals surface area contributed by atoms with Crippen molar-refractivity contribution >= 4 is 18.0 Å². The fraction of sp³-hybridized carbons (Fsp3) is 0.423. The lowest BCUT2D eigenvalue weighted by atomic mass is 9.48. The van der Waals surface area contributed by atoms with E-state index in [9.17, 15) is 14.4 Å². The van der Waals surface area contributed by atoms with Crippen LogP contribution in [0.5, 0.6) is 0 Å². The molecule has 5 rings (SSSR count). The van der Waals surface area contributed by atoms with Crippen LogP contribution in [-0.2, 0) is 14.3 Å². The summed E-state index contributed by atoms with van der Waals surface area (Å²) in [5, 5.41) is 14.5. The largest absolute Gasteiger partial charge is 0.480 e. The first kappa shape index (κ1) is 21.5. The van der Waals surface area contributed by atoms with Crippen LogP contribution in [0.2, 0.25) is 0 Å². The number of amides is 2. The maximum atomic E-state index is 13.0. The fourth-order valence-corrected chi connectivity index (χ4v) is 5.79. The highest BCUT2D eigenvalue weighted by Crippen LogP contribution is 2.60. The molecule has 2 aromatic rings. The Kier molecular flexibility index (Phi) is 5.15. The summed E-state index contributed by atoms with van der Waals surface area (Å²) in [6.45, 7) is 1.58.